The van der Waals surface area contributed by atoms with Crippen LogP contribution in [0.25, 0.3) is 0 Å². The van der Waals surface area contributed by atoms with Crippen molar-refractivity contribution in [2.75, 3.05) is 26.3 Å². The standard InChI is InChI=1S/C20H41NO2Si/c1-4-22-24(3,23-5-2)20-16-12-7-6-8-13-17-21(20)18-19-14-10-9-11-15-19/h19-20H,4-18H2,1-3H3. The van der Waals surface area contributed by atoms with Crippen LogP contribution in [-0.4, -0.2) is 45.4 Å². The van der Waals surface area contributed by atoms with Gasteiger partial charge < -0.3 is 8.85 Å². The molecule has 0 N–H and O–H groups in total. The minimum atomic E-state index is -2.15. The van der Waals surface area contributed by atoms with Crippen LogP contribution in [-0.2, 0) is 8.85 Å². The Labute approximate surface area is 151 Å². The molecular weight excluding hydrogens is 314 g/mol. The molecule has 0 spiro atoms. The highest BCUT2D eigenvalue weighted by molar-refractivity contribution is 6.67. The Morgan fingerprint density at radius 1 is 0.792 bits per heavy atom. The van der Waals surface area contributed by atoms with E-state index in [4.69, 9.17) is 8.85 Å². The van der Waals surface area contributed by atoms with Crippen LogP contribution in [0.5, 0.6) is 0 Å². The molecule has 0 amide bonds. The third-order valence-corrected chi connectivity index (χ3v) is 9.64. The fourth-order valence-corrected chi connectivity index (χ4v) is 8.08. The Morgan fingerprint density at radius 3 is 2.00 bits per heavy atom. The number of hydrogen-bond donors (Lipinski definition) is 0. The normalized spacial score (nSPS) is 25.9. The highest BCUT2D eigenvalue weighted by Gasteiger charge is 2.44. The second kappa shape index (κ2) is 10.9. The molecule has 4 heteroatoms. The molecule has 0 radical (unpaired) electrons. The maximum atomic E-state index is 6.34. The molecule has 1 heterocycles. The van der Waals surface area contributed by atoms with Gasteiger partial charge in [-0.05, 0) is 58.5 Å². The maximum Gasteiger partial charge on any atom is 0.352 e. The zero-order valence-electron chi connectivity index (χ0n) is 16.5. The van der Waals surface area contributed by atoms with Crippen molar-refractivity contribution < 1.29 is 8.85 Å². The third kappa shape index (κ3) is 6.12. The lowest BCUT2D eigenvalue weighted by Gasteiger charge is -2.43. The summed E-state index contributed by atoms with van der Waals surface area (Å²) in [6, 6.07) is 0. The maximum absolute atomic E-state index is 6.34. The van der Waals surface area contributed by atoms with Crippen LogP contribution in [0.2, 0.25) is 6.55 Å². The first-order valence-electron chi connectivity index (χ1n) is 10.7. The first-order valence-corrected chi connectivity index (χ1v) is 13.1. The molecule has 0 aromatic rings. The largest absolute Gasteiger partial charge is 0.394 e. The minimum Gasteiger partial charge on any atom is -0.394 e. The summed E-state index contributed by atoms with van der Waals surface area (Å²) < 4.78 is 12.7. The molecule has 0 aromatic carbocycles. The second-order valence-electron chi connectivity index (χ2n) is 7.95. The Morgan fingerprint density at radius 2 is 1.33 bits per heavy atom. The summed E-state index contributed by atoms with van der Waals surface area (Å²) in [5.74, 6) is 0.906. The van der Waals surface area contributed by atoms with Gasteiger partial charge >= 0.3 is 8.56 Å². The van der Waals surface area contributed by atoms with Crippen LogP contribution >= 0.6 is 0 Å². The van der Waals surface area contributed by atoms with E-state index >= 15 is 0 Å². The Kier molecular flexibility index (Phi) is 9.31. The molecule has 1 unspecified atom stereocenters. The van der Waals surface area contributed by atoms with Crippen molar-refractivity contribution in [2.24, 2.45) is 5.92 Å². The van der Waals surface area contributed by atoms with Crippen molar-refractivity contribution in [3.05, 3.63) is 0 Å². The molecule has 2 fully saturated rings. The van der Waals surface area contributed by atoms with Crippen molar-refractivity contribution in [3.8, 4) is 0 Å². The van der Waals surface area contributed by atoms with Gasteiger partial charge in [-0.2, -0.15) is 0 Å². The van der Waals surface area contributed by atoms with Crippen LogP contribution in [0.3, 0.4) is 0 Å². The van der Waals surface area contributed by atoms with Crippen LogP contribution in [0.1, 0.15) is 84.5 Å². The highest BCUT2D eigenvalue weighted by atomic mass is 28.4. The van der Waals surface area contributed by atoms with Gasteiger partial charge in [-0.3, -0.25) is 4.90 Å². The van der Waals surface area contributed by atoms with Crippen molar-refractivity contribution >= 4 is 8.56 Å². The molecule has 2 aliphatic rings. The van der Waals surface area contributed by atoms with E-state index in [1.807, 2.05) is 0 Å². The lowest BCUT2D eigenvalue weighted by atomic mass is 9.89. The summed E-state index contributed by atoms with van der Waals surface area (Å²) in [4.78, 5) is 2.82. The molecule has 142 valence electrons. The summed E-state index contributed by atoms with van der Waals surface area (Å²) in [6.07, 6.45) is 15.4. The predicted octanol–water partition coefficient (Wildman–Crippen LogP) is 5.28. The van der Waals surface area contributed by atoms with Gasteiger partial charge in [-0.15, -0.1) is 0 Å². The van der Waals surface area contributed by atoms with Gasteiger partial charge in [0, 0.05) is 19.8 Å². The zero-order chi connectivity index (χ0) is 17.3. The molecule has 1 aliphatic carbocycles. The molecule has 0 bridgehead atoms. The Balaban J connectivity index is 2.13. The molecule has 1 saturated carbocycles. The highest BCUT2D eigenvalue weighted by Crippen LogP contribution is 2.30. The summed E-state index contributed by atoms with van der Waals surface area (Å²) in [5, 5.41) is 0. The molecule has 3 nitrogen and oxygen atoms in total. The van der Waals surface area contributed by atoms with E-state index < -0.39 is 8.56 Å². The zero-order valence-corrected chi connectivity index (χ0v) is 17.5. The molecule has 1 aliphatic heterocycles. The Hall–Kier alpha value is 0.0969. The summed E-state index contributed by atoms with van der Waals surface area (Å²) in [5.41, 5.74) is 0.539. The first-order chi connectivity index (χ1) is 11.7. The van der Waals surface area contributed by atoms with Gasteiger partial charge in [0.1, 0.15) is 0 Å². The van der Waals surface area contributed by atoms with Crippen LogP contribution in [0.4, 0.5) is 0 Å². The summed E-state index contributed by atoms with van der Waals surface area (Å²) in [7, 11) is -2.15. The van der Waals surface area contributed by atoms with Gasteiger partial charge in [0.15, 0.2) is 0 Å². The lowest BCUT2D eigenvalue weighted by molar-refractivity contribution is 0.109. The fourth-order valence-electron chi connectivity index (χ4n) is 4.84. The fraction of sp³-hybridized carbons (Fsp3) is 1.00. The molecular formula is C20H41NO2Si. The quantitative estimate of drug-likeness (QED) is 0.580. The van der Waals surface area contributed by atoms with E-state index in [1.165, 1.54) is 83.7 Å². The molecule has 0 aromatic heterocycles. The number of rotatable bonds is 7. The van der Waals surface area contributed by atoms with Crippen LogP contribution in [0, 0.1) is 5.92 Å². The van der Waals surface area contributed by atoms with Gasteiger partial charge in [0.05, 0.1) is 5.67 Å². The summed E-state index contributed by atoms with van der Waals surface area (Å²) >= 11 is 0. The monoisotopic (exact) mass is 355 g/mol. The second-order valence-corrected chi connectivity index (χ2v) is 11.2. The van der Waals surface area contributed by atoms with E-state index in [9.17, 15) is 0 Å². The van der Waals surface area contributed by atoms with E-state index in [2.05, 4.69) is 25.3 Å². The SMILES string of the molecule is CCO[Si](C)(OCC)C1CCCCCCCN1CC1CCCCC1. The molecule has 1 saturated heterocycles. The summed E-state index contributed by atoms with van der Waals surface area (Å²) in [6.45, 7) is 10.7. The van der Waals surface area contributed by atoms with E-state index in [-0.39, 0.29) is 0 Å². The van der Waals surface area contributed by atoms with Crippen LogP contribution < -0.4 is 0 Å². The average molecular weight is 356 g/mol. The van der Waals surface area contributed by atoms with Gasteiger partial charge in [0.2, 0.25) is 0 Å². The number of hydrogen-bond acceptors (Lipinski definition) is 3. The van der Waals surface area contributed by atoms with Gasteiger partial charge in [0.25, 0.3) is 0 Å². The van der Waals surface area contributed by atoms with Crippen LogP contribution in [0.15, 0.2) is 0 Å². The molecule has 2 rings (SSSR count). The average Bonchev–Trinajstić information content (AvgIpc) is 2.69. The minimum absolute atomic E-state index is 0.539. The first kappa shape index (κ1) is 20.4. The van der Waals surface area contributed by atoms with E-state index in [0.717, 1.165) is 19.1 Å². The van der Waals surface area contributed by atoms with Gasteiger partial charge in [-0.25, -0.2) is 0 Å². The smallest absolute Gasteiger partial charge is 0.352 e. The Bertz CT molecular complexity index is 328. The lowest BCUT2D eigenvalue weighted by Crippen LogP contribution is -2.60. The van der Waals surface area contributed by atoms with Crippen molar-refractivity contribution in [2.45, 2.75) is 96.7 Å². The van der Waals surface area contributed by atoms with Crippen molar-refractivity contribution in [3.63, 3.8) is 0 Å². The third-order valence-electron chi connectivity index (χ3n) is 6.05. The van der Waals surface area contributed by atoms with Crippen molar-refractivity contribution in [1.29, 1.82) is 0 Å². The predicted molar refractivity (Wildman–Crippen MR) is 105 cm³/mol. The van der Waals surface area contributed by atoms with E-state index in [0.29, 0.717) is 5.67 Å². The number of nitrogens with zero attached hydrogens (tertiary/aromatic N) is 1. The van der Waals surface area contributed by atoms with Crippen molar-refractivity contribution in [1.82, 2.24) is 4.90 Å². The van der Waals surface area contributed by atoms with E-state index in [1.54, 1.807) is 0 Å². The molecule has 1 atom stereocenters. The molecule has 24 heavy (non-hydrogen) atoms. The van der Waals surface area contributed by atoms with Gasteiger partial charge in [-0.1, -0.05) is 44.9 Å². The topological polar surface area (TPSA) is 21.7 Å².